The van der Waals surface area contributed by atoms with Crippen molar-refractivity contribution in [2.75, 3.05) is 32.6 Å². The summed E-state index contributed by atoms with van der Waals surface area (Å²) in [5.74, 6) is -0.163. The smallest absolute Gasteiger partial charge is 0.262 e. The number of imidazole rings is 1. The molecule has 1 amide bonds. The summed E-state index contributed by atoms with van der Waals surface area (Å²) in [7, 11) is 1.34. The average molecular weight is 496 g/mol. The molecule has 184 valence electrons. The molecule has 0 unspecified atom stereocenters. The molecule has 9 nitrogen and oxygen atoms in total. The summed E-state index contributed by atoms with van der Waals surface area (Å²) >= 11 is 0. The maximum absolute atomic E-state index is 13.6. The number of nitrogens with one attached hydrogen (secondary N) is 1. The zero-order valence-corrected chi connectivity index (χ0v) is 20.7. The zero-order valence-electron chi connectivity index (χ0n) is 19.9. The van der Waals surface area contributed by atoms with E-state index in [9.17, 15) is 18.3 Å². The van der Waals surface area contributed by atoms with Crippen molar-refractivity contribution in [2.45, 2.75) is 23.5 Å². The molecular weight excluding hydrogens is 466 g/mol. The van der Waals surface area contributed by atoms with E-state index in [0.717, 1.165) is 22.4 Å². The highest BCUT2D eigenvalue weighted by atomic mass is 32.2. The Morgan fingerprint density at radius 2 is 1.97 bits per heavy atom. The second kappa shape index (κ2) is 8.78. The molecule has 3 aromatic rings. The Morgan fingerprint density at radius 1 is 1.20 bits per heavy atom. The first kappa shape index (κ1) is 23.5. The predicted octanol–water partition coefficient (Wildman–Crippen LogP) is 2.33. The van der Waals surface area contributed by atoms with Gasteiger partial charge in [-0.1, -0.05) is 18.2 Å². The van der Waals surface area contributed by atoms with E-state index >= 15 is 0 Å². The third-order valence-electron chi connectivity index (χ3n) is 6.93. The molecule has 35 heavy (non-hydrogen) atoms. The van der Waals surface area contributed by atoms with Crippen LogP contribution in [0.25, 0.3) is 11.1 Å². The lowest BCUT2D eigenvalue weighted by atomic mass is 9.82. The first-order chi connectivity index (χ1) is 16.7. The summed E-state index contributed by atoms with van der Waals surface area (Å²) in [4.78, 5) is 18.1. The van der Waals surface area contributed by atoms with Crippen LogP contribution in [0.2, 0.25) is 0 Å². The van der Waals surface area contributed by atoms with E-state index in [-0.39, 0.29) is 29.5 Å². The number of fused-ring (bicyclic) bond motifs is 3. The van der Waals surface area contributed by atoms with Crippen molar-refractivity contribution in [3.05, 3.63) is 66.1 Å². The van der Waals surface area contributed by atoms with Crippen molar-refractivity contribution in [3.63, 3.8) is 0 Å². The normalized spacial score (nSPS) is 21.8. The third kappa shape index (κ3) is 4.01. The summed E-state index contributed by atoms with van der Waals surface area (Å²) in [6.45, 7) is 0.261. The molecule has 10 heteroatoms. The molecule has 1 aromatic heterocycles. The van der Waals surface area contributed by atoms with Gasteiger partial charge in [-0.25, -0.2) is 13.4 Å². The van der Waals surface area contributed by atoms with E-state index in [0.29, 0.717) is 18.5 Å². The molecule has 0 saturated carbocycles. The number of amides is 1. The highest BCUT2D eigenvalue weighted by Crippen LogP contribution is 2.49. The van der Waals surface area contributed by atoms with Gasteiger partial charge in [-0.2, -0.15) is 4.31 Å². The van der Waals surface area contributed by atoms with Gasteiger partial charge >= 0.3 is 0 Å². The Kier molecular flexibility index (Phi) is 5.90. The van der Waals surface area contributed by atoms with Crippen molar-refractivity contribution in [1.82, 2.24) is 18.8 Å². The molecular formula is C25H29N5O4S. The third-order valence-corrected chi connectivity index (χ3v) is 8.69. The number of aliphatic hydroxyl groups excluding tert-OH is 1. The van der Waals surface area contributed by atoms with Crippen molar-refractivity contribution in [3.8, 4) is 11.1 Å². The maximum atomic E-state index is 13.6. The van der Waals surface area contributed by atoms with Crippen LogP contribution in [0.3, 0.4) is 0 Å². The summed E-state index contributed by atoms with van der Waals surface area (Å²) in [5, 5.41) is 13.5. The summed E-state index contributed by atoms with van der Waals surface area (Å²) < 4.78 is 30.3. The fourth-order valence-corrected chi connectivity index (χ4v) is 6.84. The van der Waals surface area contributed by atoms with Crippen LogP contribution in [-0.4, -0.2) is 71.5 Å². The van der Waals surface area contributed by atoms with Crippen LogP contribution in [0, 0.1) is 5.92 Å². The molecule has 0 aliphatic carbocycles. The zero-order chi connectivity index (χ0) is 24.9. The van der Waals surface area contributed by atoms with E-state index in [4.69, 9.17) is 0 Å². The summed E-state index contributed by atoms with van der Waals surface area (Å²) in [6, 6.07) is 12.6. The van der Waals surface area contributed by atoms with E-state index in [2.05, 4.69) is 10.3 Å². The van der Waals surface area contributed by atoms with Crippen LogP contribution in [0.15, 0.2) is 60.0 Å². The number of benzene rings is 2. The lowest BCUT2D eigenvalue weighted by Crippen LogP contribution is -2.42. The largest absolute Gasteiger partial charge is 0.394 e. The van der Waals surface area contributed by atoms with Gasteiger partial charge in [0.2, 0.25) is 0 Å². The van der Waals surface area contributed by atoms with Crippen molar-refractivity contribution in [1.29, 1.82) is 0 Å². The monoisotopic (exact) mass is 495 g/mol. The van der Waals surface area contributed by atoms with E-state index in [1.54, 1.807) is 31.8 Å². The van der Waals surface area contributed by atoms with Gasteiger partial charge in [0, 0.05) is 51.1 Å². The molecule has 3 heterocycles. The SMILES string of the molecule is CN(C)C(=O)c1cccc(-c2ccc3c(c2)[C@@H]2[C@@H](CCN2S(=O)(=O)c2cn(C)cn2)[C@@H](CO)N3)c1. The number of nitrogens with zero attached hydrogens (tertiary/aromatic N) is 4. The maximum Gasteiger partial charge on any atom is 0.262 e. The van der Waals surface area contributed by atoms with Crippen LogP contribution in [0.5, 0.6) is 0 Å². The number of carbonyl (C=O) groups excluding carboxylic acids is 1. The second-order valence-electron chi connectivity index (χ2n) is 9.41. The Morgan fingerprint density at radius 3 is 2.66 bits per heavy atom. The predicted molar refractivity (Wildman–Crippen MR) is 132 cm³/mol. The first-order valence-corrected chi connectivity index (χ1v) is 13.0. The number of sulfonamides is 1. The van der Waals surface area contributed by atoms with Crippen LogP contribution in [0.1, 0.15) is 28.4 Å². The summed E-state index contributed by atoms with van der Waals surface area (Å²) in [5.41, 5.74) is 4.01. The summed E-state index contributed by atoms with van der Waals surface area (Å²) in [6.07, 6.45) is 3.62. The van der Waals surface area contributed by atoms with Gasteiger partial charge in [0.25, 0.3) is 15.9 Å². The van der Waals surface area contributed by atoms with E-state index in [1.807, 2.05) is 36.4 Å². The Hall–Kier alpha value is -3.21. The number of aryl methyl sites for hydroxylation is 1. The van der Waals surface area contributed by atoms with Crippen LogP contribution in [-0.2, 0) is 17.1 Å². The Balaban J connectivity index is 1.59. The second-order valence-corrected chi connectivity index (χ2v) is 11.2. The molecule has 1 fully saturated rings. The molecule has 5 rings (SSSR count). The van der Waals surface area contributed by atoms with Gasteiger partial charge in [0.15, 0.2) is 5.03 Å². The molecule has 0 spiro atoms. The molecule has 2 aromatic carbocycles. The van der Waals surface area contributed by atoms with Gasteiger partial charge in [-0.05, 0) is 47.4 Å². The van der Waals surface area contributed by atoms with Gasteiger partial charge in [0.05, 0.1) is 25.0 Å². The minimum absolute atomic E-state index is 0.0207. The number of hydrogen-bond donors (Lipinski definition) is 2. The van der Waals surface area contributed by atoms with Crippen molar-refractivity contribution < 1.29 is 18.3 Å². The van der Waals surface area contributed by atoms with Crippen LogP contribution in [0.4, 0.5) is 5.69 Å². The molecule has 2 aliphatic rings. The number of aromatic nitrogens is 2. The van der Waals surface area contributed by atoms with Crippen molar-refractivity contribution in [2.24, 2.45) is 13.0 Å². The minimum Gasteiger partial charge on any atom is -0.394 e. The quantitative estimate of drug-likeness (QED) is 0.563. The number of anilines is 1. The number of carbonyl (C=O) groups is 1. The molecule has 1 saturated heterocycles. The average Bonchev–Trinajstić information content (AvgIpc) is 3.50. The van der Waals surface area contributed by atoms with Gasteiger partial charge < -0.3 is 19.9 Å². The Bertz CT molecular complexity index is 1380. The minimum atomic E-state index is -3.83. The Labute approximate surface area is 205 Å². The highest BCUT2D eigenvalue weighted by Gasteiger charge is 2.49. The van der Waals surface area contributed by atoms with Crippen LogP contribution < -0.4 is 5.32 Å². The number of aliphatic hydroxyl groups is 1. The lowest BCUT2D eigenvalue weighted by molar-refractivity contribution is 0.0827. The molecule has 0 radical (unpaired) electrons. The van der Waals surface area contributed by atoms with Gasteiger partial charge in [0.1, 0.15) is 0 Å². The first-order valence-electron chi connectivity index (χ1n) is 11.5. The molecule has 2 N–H and O–H groups in total. The molecule has 0 bridgehead atoms. The fraction of sp³-hybridized carbons (Fsp3) is 0.360. The van der Waals surface area contributed by atoms with E-state index in [1.165, 1.54) is 21.7 Å². The van der Waals surface area contributed by atoms with Crippen molar-refractivity contribution >= 4 is 21.6 Å². The molecule has 2 aliphatic heterocycles. The number of rotatable bonds is 5. The van der Waals surface area contributed by atoms with E-state index < -0.39 is 16.1 Å². The topological polar surface area (TPSA) is 108 Å². The van der Waals surface area contributed by atoms with Crippen LogP contribution >= 0.6 is 0 Å². The fourth-order valence-electron chi connectivity index (χ4n) is 5.20. The highest BCUT2D eigenvalue weighted by molar-refractivity contribution is 7.89. The molecule has 3 atom stereocenters. The standard InChI is InChI=1S/C25H29N5O4S/c1-28(2)25(32)18-6-4-5-16(11-18)17-7-8-21-20(12-17)24-19(22(14-31)27-21)9-10-30(24)35(33,34)23-13-29(3)15-26-23/h4-8,11-13,15,19,22,24,27,31H,9-10,14H2,1-3H3/t19-,22+,24-/m0/s1. The van der Waals surface area contributed by atoms with Gasteiger partial charge in [-0.3, -0.25) is 4.79 Å². The number of hydrogen-bond acceptors (Lipinski definition) is 6. The lowest BCUT2D eigenvalue weighted by Gasteiger charge is -2.38. The van der Waals surface area contributed by atoms with Gasteiger partial charge in [-0.15, -0.1) is 0 Å².